The van der Waals surface area contributed by atoms with Gasteiger partial charge in [-0.15, -0.1) is 0 Å². The highest BCUT2D eigenvalue weighted by Gasteiger charge is 2.16. The SMILES string of the molecule is COc1ncccc1C(=O)c1cccc2ccccc12. The van der Waals surface area contributed by atoms with Crippen LogP contribution in [0.4, 0.5) is 0 Å². The highest BCUT2D eigenvalue weighted by molar-refractivity contribution is 6.17. The third-order valence-corrected chi connectivity index (χ3v) is 3.24. The Bertz CT molecular complexity index is 775. The number of hydrogen-bond acceptors (Lipinski definition) is 3. The van der Waals surface area contributed by atoms with Crippen molar-refractivity contribution in [2.45, 2.75) is 0 Å². The molecule has 0 aliphatic heterocycles. The van der Waals surface area contributed by atoms with E-state index in [1.807, 2.05) is 42.5 Å². The number of rotatable bonds is 3. The molecule has 0 N–H and O–H groups in total. The first-order valence-electron chi connectivity index (χ1n) is 6.33. The van der Waals surface area contributed by atoms with Crippen molar-refractivity contribution in [3.8, 4) is 5.88 Å². The van der Waals surface area contributed by atoms with Crippen molar-refractivity contribution >= 4 is 16.6 Å². The Morgan fingerprint density at radius 2 is 1.70 bits per heavy atom. The molecule has 0 atom stereocenters. The van der Waals surface area contributed by atoms with Crippen LogP contribution < -0.4 is 4.74 Å². The molecule has 2 aromatic carbocycles. The van der Waals surface area contributed by atoms with Crippen LogP contribution in [-0.2, 0) is 0 Å². The Hall–Kier alpha value is -2.68. The molecule has 0 radical (unpaired) electrons. The van der Waals surface area contributed by atoms with Gasteiger partial charge >= 0.3 is 0 Å². The average Bonchev–Trinajstić information content (AvgIpc) is 2.53. The molecule has 0 unspecified atom stereocenters. The van der Waals surface area contributed by atoms with E-state index in [1.54, 1.807) is 18.3 Å². The molecule has 0 aliphatic rings. The lowest BCUT2D eigenvalue weighted by molar-refractivity contribution is 0.103. The summed E-state index contributed by atoms with van der Waals surface area (Å²) in [7, 11) is 1.52. The summed E-state index contributed by atoms with van der Waals surface area (Å²) in [5, 5.41) is 1.98. The normalized spacial score (nSPS) is 10.4. The smallest absolute Gasteiger partial charge is 0.224 e. The van der Waals surface area contributed by atoms with E-state index in [2.05, 4.69) is 4.98 Å². The number of carbonyl (C=O) groups is 1. The van der Waals surface area contributed by atoms with Gasteiger partial charge in [-0.3, -0.25) is 4.79 Å². The number of aromatic nitrogens is 1. The van der Waals surface area contributed by atoms with E-state index in [4.69, 9.17) is 4.74 Å². The molecular weight excluding hydrogens is 250 g/mol. The van der Waals surface area contributed by atoms with Crippen molar-refractivity contribution in [1.29, 1.82) is 0 Å². The fourth-order valence-corrected chi connectivity index (χ4v) is 2.29. The fourth-order valence-electron chi connectivity index (χ4n) is 2.29. The van der Waals surface area contributed by atoms with E-state index in [0.717, 1.165) is 10.8 Å². The first kappa shape index (κ1) is 12.4. The van der Waals surface area contributed by atoms with Crippen LogP contribution in [0.15, 0.2) is 60.8 Å². The summed E-state index contributed by atoms with van der Waals surface area (Å²) >= 11 is 0. The Balaban J connectivity index is 2.18. The van der Waals surface area contributed by atoms with Gasteiger partial charge in [0.2, 0.25) is 5.88 Å². The van der Waals surface area contributed by atoms with Gasteiger partial charge in [0.25, 0.3) is 0 Å². The minimum atomic E-state index is -0.0771. The molecule has 3 rings (SSSR count). The summed E-state index contributed by atoms with van der Waals surface area (Å²) in [5.41, 5.74) is 1.14. The molecule has 1 aromatic heterocycles. The zero-order valence-electron chi connectivity index (χ0n) is 11.0. The Labute approximate surface area is 116 Å². The number of ether oxygens (including phenoxy) is 1. The highest BCUT2D eigenvalue weighted by atomic mass is 16.5. The van der Waals surface area contributed by atoms with Gasteiger partial charge in [-0.1, -0.05) is 42.5 Å². The lowest BCUT2D eigenvalue weighted by atomic mass is 9.98. The molecule has 3 heteroatoms. The number of hydrogen-bond donors (Lipinski definition) is 0. The quantitative estimate of drug-likeness (QED) is 0.679. The second-order valence-corrected chi connectivity index (χ2v) is 4.42. The summed E-state index contributed by atoms with van der Waals surface area (Å²) in [6.45, 7) is 0. The third-order valence-electron chi connectivity index (χ3n) is 3.24. The predicted octanol–water partition coefficient (Wildman–Crippen LogP) is 3.47. The lowest BCUT2D eigenvalue weighted by Gasteiger charge is -2.08. The number of methoxy groups -OCH3 is 1. The summed E-state index contributed by atoms with van der Waals surface area (Å²) in [6, 6.07) is 17.0. The van der Waals surface area contributed by atoms with Crippen LogP contribution in [0, 0.1) is 0 Å². The summed E-state index contributed by atoms with van der Waals surface area (Å²) in [6.07, 6.45) is 1.61. The minimum absolute atomic E-state index is 0.0771. The number of nitrogens with zero attached hydrogens (tertiary/aromatic N) is 1. The maximum absolute atomic E-state index is 12.7. The van der Waals surface area contributed by atoms with Gasteiger partial charge in [0.15, 0.2) is 5.78 Å². The molecule has 0 aliphatic carbocycles. The maximum Gasteiger partial charge on any atom is 0.224 e. The van der Waals surface area contributed by atoms with Crippen molar-refractivity contribution in [2.24, 2.45) is 0 Å². The van der Waals surface area contributed by atoms with Crippen LogP contribution in [0.3, 0.4) is 0 Å². The van der Waals surface area contributed by atoms with Gasteiger partial charge in [0.05, 0.1) is 12.7 Å². The lowest BCUT2D eigenvalue weighted by Crippen LogP contribution is -2.05. The minimum Gasteiger partial charge on any atom is -0.480 e. The van der Waals surface area contributed by atoms with Crippen LogP contribution in [0.25, 0.3) is 10.8 Å². The highest BCUT2D eigenvalue weighted by Crippen LogP contribution is 2.24. The van der Waals surface area contributed by atoms with Crippen LogP contribution in [0.5, 0.6) is 5.88 Å². The second kappa shape index (κ2) is 5.13. The standard InChI is InChI=1S/C17H13NO2/c1-20-17-15(10-5-11-18-17)16(19)14-9-4-7-12-6-2-3-8-13(12)14/h2-11H,1H3. The maximum atomic E-state index is 12.7. The molecule has 98 valence electrons. The van der Waals surface area contributed by atoms with E-state index >= 15 is 0 Å². The predicted molar refractivity (Wildman–Crippen MR) is 78.2 cm³/mol. The van der Waals surface area contributed by atoms with Crippen LogP contribution in [-0.4, -0.2) is 17.9 Å². The molecule has 0 saturated carbocycles. The number of benzene rings is 2. The molecule has 0 spiro atoms. The van der Waals surface area contributed by atoms with E-state index in [-0.39, 0.29) is 5.78 Å². The van der Waals surface area contributed by atoms with E-state index in [9.17, 15) is 4.79 Å². The molecule has 3 aromatic rings. The Morgan fingerprint density at radius 3 is 2.55 bits per heavy atom. The first-order valence-corrected chi connectivity index (χ1v) is 6.33. The third kappa shape index (κ3) is 2.03. The van der Waals surface area contributed by atoms with Crippen LogP contribution in [0.1, 0.15) is 15.9 Å². The Morgan fingerprint density at radius 1 is 0.950 bits per heavy atom. The number of carbonyl (C=O) groups excluding carboxylic acids is 1. The Kier molecular flexibility index (Phi) is 3.17. The van der Waals surface area contributed by atoms with Crippen molar-refractivity contribution in [2.75, 3.05) is 7.11 Å². The van der Waals surface area contributed by atoms with Crippen LogP contribution >= 0.6 is 0 Å². The van der Waals surface area contributed by atoms with Gasteiger partial charge in [-0.25, -0.2) is 4.98 Å². The number of fused-ring (bicyclic) bond motifs is 1. The fraction of sp³-hybridized carbons (Fsp3) is 0.0588. The van der Waals surface area contributed by atoms with Gasteiger partial charge < -0.3 is 4.74 Å². The summed E-state index contributed by atoms with van der Waals surface area (Å²) < 4.78 is 5.17. The largest absolute Gasteiger partial charge is 0.480 e. The van der Waals surface area contributed by atoms with E-state index in [0.29, 0.717) is 17.0 Å². The molecule has 0 amide bonds. The zero-order valence-corrected chi connectivity index (χ0v) is 11.0. The molecular formula is C17H13NO2. The van der Waals surface area contributed by atoms with Crippen molar-refractivity contribution < 1.29 is 9.53 Å². The van der Waals surface area contributed by atoms with Gasteiger partial charge in [0, 0.05) is 11.8 Å². The van der Waals surface area contributed by atoms with Gasteiger partial charge in [-0.05, 0) is 22.9 Å². The van der Waals surface area contributed by atoms with E-state index in [1.165, 1.54) is 7.11 Å². The van der Waals surface area contributed by atoms with Crippen molar-refractivity contribution in [1.82, 2.24) is 4.98 Å². The molecule has 1 heterocycles. The number of ketones is 1. The van der Waals surface area contributed by atoms with Gasteiger partial charge in [0.1, 0.15) is 0 Å². The molecule has 0 saturated heterocycles. The molecule has 20 heavy (non-hydrogen) atoms. The van der Waals surface area contributed by atoms with Gasteiger partial charge in [-0.2, -0.15) is 0 Å². The first-order chi connectivity index (χ1) is 9.81. The second-order valence-electron chi connectivity index (χ2n) is 4.42. The molecule has 3 nitrogen and oxygen atoms in total. The van der Waals surface area contributed by atoms with E-state index < -0.39 is 0 Å². The number of pyridine rings is 1. The van der Waals surface area contributed by atoms with Crippen LogP contribution in [0.2, 0.25) is 0 Å². The monoisotopic (exact) mass is 263 g/mol. The molecule has 0 fully saturated rings. The zero-order chi connectivity index (χ0) is 13.9. The summed E-state index contributed by atoms with van der Waals surface area (Å²) in [4.78, 5) is 16.8. The van der Waals surface area contributed by atoms with Crippen molar-refractivity contribution in [3.05, 3.63) is 71.9 Å². The van der Waals surface area contributed by atoms with Crippen molar-refractivity contribution in [3.63, 3.8) is 0 Å². The summed E-state index contributed by atoms with van der Waals surface area (Å²) in [5.74, 6) is 0.275. The molecule has 0 bridgehead atoms. The average molecular weight is 263 g/mol. The topological polar surface area (TPSA) is 39.2 Å².